The number of aromatic nitrogens is 2. The molecule has 2 aromatic rings. The first-order valence-corrected chi connectivity index (χ1v) is 8.17. The standard InChI is InChI=1S/C18H21N3O2/c1-20-17(12-6-7-12)8-14(19-20)10-21-9-13-4-2-3-5-15(13)16(11-21)18(22)23/h2-5,8,12,16H,6-7,9-11H2,1H3,(H,22,23). The molecule has 2 aliphatic rings. The SMILES string of the molecule is Cn1nc(CN2Cc3ccccc3C(C(=O)O)C2)cc1C1CC1. The second kappa shape index (κ2) is 5.49. The van der Waals surface area contributed by atoms with Crippen LogP contribution in [0.15, 0.2) is 30.3 Å². The van der Waals surface area contributed by atoms with E-state index in [4.69, 9.17) is 0 Å². The smallest absolute Gasteiger partial charge is 0.312 e. The fourth-order valence-corrected chi connectivity index (χ4v) is 3.62. The highest BCUT2D eigenvalue weighted by molar-refractivity contribution is 5.77. The Bertz CT molecular complexity index is 748. The van der Waals surface area contributed by atoms with Gasteiger partial charge in [-0.05, 0) is 30.0 Å². The Balaban J connectivity index is 1.56. The molecule has 1 atom stereocenters. The summed E-state index contributed by atoms with van der Waals surface area (Å²) in [6, 6.07) is 10.1. The fourth-order valence-electron chi connectivity index (χ4n) is 3.62. The number of aliphatic carboxylic acids is 1. The molecule has 2 heterocycles. The predicted octanol–water partition coefficient (Wildman–Crippen LogP) is 2.48. The van der Waals surface area contributed by atoms with Gasteiger partial charge in [0.15, 0.2) is 0 Å². The van der Waals surface area contributed by atoms with E-state index in [1.54, 1.807) is 0 Å². The topological polar surface area (TPSA) is 58.4 Å². The number of carboxylic acid groups (broad SMARTS) is 1. The highest BCUT2D eigenvalue weighted by atomic mass is 16.4. The fraction of sp³-hybridized carbons (Fsp3) is 0.444. The van der Waals surface area contributed by atoms with Crippen molar-refractivity contribution in [3.05, 3.63) is 52.8 Å². The van der Waals surface area contributed by atoms with Gasteiger partial charge in [-0.25, -0.2) is 0 Å². The van der Waals surface area contributed by atoms with Gasteiger partial charge in [-0.15, -0.1) is 0 Å². The highest BCUT2D eigenvalue weighted by Crippen LogP contribution is 2.40. The zero-order valence-corrected chi connectivity index (χ0v) is 13.3. The van der Waals surface area contributed by atoms with Gasteiger partial charge in [-0.3, -0.25) is 14.4 Å². The molecule has 1 fully saturated rings. The summed E-state index contributed by atoms with van der Waals surface area (Å²) < 4.78 is 1.99. The van der Waals surface area contributed by atoms with E-state index in [9.17, 15) is 9.90 Å². The molecule has 4 rings (SSSR count). The second-order valence-corrected chi connectivity index (χ2v) is 6.72. The summed E-state index contributed by atoms with van der Waals surface area (Å²) in [5.41, 5.74) is 4.42. The number of aryl methyl sites for hydroxylation is 1. The van der Waals surface area contributed by atoms with Crippen LogP contribution in [-0.2, 0) is 24.9 Å². The summed E-state index contributed by atoms with van der Waals surface area (Å²) in [6.45, 7) is 2.04. The molecule has 0 bridgehead atoms. The zero-order chi connectivity index (χ0) is 16.0. The van der Waals surface area contributed by atoms with Crippen LogP contribution in [0.3, 0.4) is 0 Å². The maximum absolute atomic E-state index is 11.6. The lowest BCUT2D eigenvalue weighted by atomic mass is 9.90. The van der Waals surface area contributed by atoms with Crippen LogP contribution >= 0.6 is 0 Å². The van der Waals surface area contributed by atoms with Crippen molar-refractivity contribution in [1.29, 1.82) is 0 Å². The van der Waals surface area contributed by atoms with Crippen molar-refractivity contribution in [3.8, 4) is 0 Å². The van der Waals surface area contributed by atoms with Crippen LogP contribution in [0, 0.1) is 0 Å². The van der Waals surface area contributed by atoms with Gasteiger partial charge in [0, 0.05) is 38.3 Å². The second-order valence-electron chi connectivity index (χ2n) is 6.72. The van der Waals surface area contributed by atoms with E-state index in [0.29, 0.717) is 19.0 Å². The van der Waals surface area contributed by atoms with E-state index in [2.05, 4.69) is 16.1 Å². The molecule has 1 aromatic carbocycles. The normalized spacial score (nSPS) is 21.2. The number of hydrogen-bond acceptors (Lipinski definition) is 3. The number of carbonyl (C=O) groups is 1. The largest absolute Gasteiger partial charge is 0.481 e. The molecule has 23 heavy (non-hydrogen) atoms. The van der Waals surface area contributed by atoms with Crippen LogP contribution in [0.2, 0.25) is 0 Å². The lowest BCUT2D eigenvalue weighted by Gasteiger charge is -2.32. The van der Waals surface area contributed by atoms with Crippen molar-refractivity contribution in [2.75, 3.05) is 6.54 Å². The summed E-state index contributed by atoms with van der Waals surface area (Å²) in [5.74, 6) is -0.525. The van der Waals surface area contributed by atoms with Crippen LogP contribution in [0.4, 0.5) is 0 Å². The molecule has 0 amide bonds. The Morgan fingerprint density at radius 3 is 2.87 bits per heavy atom. The van der Waals surface area contributed by atoms with E-state index in [0.717, 1.165) is 23.4 Å². The molecular weight excluding hydrogens is 290 g/mol. The van der Waals surface area contributed by atoms with E-state index in [1.165, 1.54) is 18.5 Å². The summed E-state index contributed by atoms with van der Waals surface area (Å²) in [7, 11) is 2.00. The summed E-state index contributed by atoms with van der Waals surface area (Å²) in [6.07, 6.45) is 2.52. The Labute approximate surface area is 135 Å². The van der Waals surface area contributed by atoms with Crippen LogP contribution < -0.4 is 0 Å². The summed E-state index contributed by atoms with van der Waals surface area (Å²) in [4.78, 5) is 13.8. The molecule has 1 saturated carbocycles. The summed E-state index contributed by atoms with van der Waals surface area (Å²) >= 11 is 0. The molecule has 1 unspecified atom stereocenters. The Morgan fingerprint density at radius 2 is 2.13 bits per heavy atom. The third kappa shape index (κ3) is 2.77. The molecule has 1 aliphatic carbocycles. The monoisotopic (exact) mass is 311 g/mol. The van der Waals surface area contributed by atoms with E-state index >= 15 is 0 Å². The van der Waals surface area contributed by atoms with Gasteiger partial charge in [-0.1, -0.05) is 24.3 Å². The Kier molecular flexibility index (Phi) is 3.45. The highest BCUT2D eigenvalue weighted by Gasteiger charge is 2.31. The number of carboxylic acids is 1. The first-order chi connectivity index (χ1) is 11.1. The van der Waals surface area contributed by atoms with Crippen molar-refractivity contribution in [1.82, 2.24) is 14.7 Å². The molecular formula is C18H21N3O2. The number of fused-ring (bicyclic) bond motifs is 1. The molecule has 120 valence electrons. The average molecular weight is 311 g/mol. The van der Waals surface area contributed by atoms with Gasteiger partial charge in [0.25, 0.3) is 0 Å². The summed E-state index contributed by atoms with van der Waals surface area (Å²) in [5, 5.41) is 14.2. The van der Waals surface area contributed by atoms with E-state index in [-0.39, 0.29) is 0 Å². The minimum absolute atomic E-state index is 0.452. The van der Waals surface area contributed by atoms with Gasteiger partial charge in [0.1, 0.15) is 0 Å². The van der Waals surface area contributed by atoms with Gasteiger partial charge in [-0.2, -0.15) is 5.10 Å². The van der Waals surface area contributed by atoms with Crippen molar-refractivity contribution < 1.29 is 9.90 Å². The van der Waals surface area contributed by atoms with Crippen LogP contribution in [0.25, 0.3) is 0 Å². The number of nitrogens with zero attached hydrogens (tertiary/aromatic N) is 3. The first kappa shape index (κ1) is 14.5. The molecule has 0 saturated heterocycles. The maximum Gasteiger partial charge on any atom is 0.312 e. The van der Waals surface area contributed by atoms with Gasteiger partial charge >= 0.3 is 5.97 Å². The first-order valence-electron chi connectivity index (χ1n) is 8.17. The number of benzene rings is 1. The maximum atomic E-state index is 11.6. The molecule has 1 aliphatic heterocycles. The third-order valence-electron chi connectivity index (χ3n) is 4.91. The number of hydrogen-bond donors (Lipinski definition) is 1. The minimum Gasteiger partial charge on any atom is -0.481 e. The predicted molar refractivity (Wildman–Crippen MR) is 86.1 cm³/mol. The van der Waals surface area contributed by atoms with Crippen molar-refractivity contribution in [2.45, 2.75) is 37.8 Å². The van der Waals surface area contributed by atoms with Crippen molar-refractivity contribution in [2.24, 2.45) is 7.05 Å². The van der Waals surface area contributed by atoms with E-state index in [1.807, 2.05) is 36.0 Å². The van der Waals surface area contributed by atoms with E-state index < -0.39 is 11.9 Å². The molecule has 0 spiro atoms. The molecule has 1 N–H and O–H groups in total. The Morgan fingerprint density at radius 1 is 1.35 bits per heavy atom. The molecule has 5 heteroatoms. The van der Waals surface area contributed by atoms with Crippen LogP contribution in [-0.4, -0.2) is 32.3 Å². The quantitative estimate of drug-likeness (QED) is 0.942. The molecule has 5 nitrogen and oxygen atoms in total. The van der Waals surface area contributed by atoms with Crippen molar-refractivity contribution in [3.63, 3.8) is 0 Å². The van der Waals surface area contributed by atoms with Crippen LogP contribution in [0.5, 0.6) is 0 Å². The number of rotatable bonds is 4. The van der Waals surface area contributed by atoms with Crippen molar-refractivity contribution >= 4 is 5.97 Å². The third-order valence-corrected chi connectivity index (χ3v) is 4.91. The Hall–Kier alpha value is -2.14. The minimum atomic E-state index is -0.748. The van der Waals surface area contributed by atoms with Gasteiger partial charge in [0.05, 0.1) is 11.6 Å². The van der Waals surface area contributed by atoms with Gasteiger partial charge in [0.2, 0.25) is 0 Å². The van der Waals surface area contributed by atoms with Gasteiger partial charge < -0.3 is 5.11 Å². The zero-order valence-electron chi connectivity index (χ0n) is 13.3. The average Bonchev–Trinajstić information content (AvgIpc) is 3.30. The van der Waals surface area contributed by atoms with Crippen LogP contribution in [0.1, 0.15) is 47.2 Å². The molecule has 1 aromatic heterocycles. The molecule has 0 radical (unpaired) electrons. The lowest BCUT2D eigenvalue weighted by molar-refractivity contribution is -0.139. The lowest BCUT2D eigenvalue weighted by Crippen LogP contribution is -2.36.